The zero-order valence-electron chi connectivity index (χ0n) is 10.3. The first-order valence-corrected chi connectivity index (χ1v) is 6.03. The van der Waals surface area contributed by atoms with Crippen LogP contribution in [0.1, 0.15) is 10.4 Å². The fraction of sp³-hybridized carbons (Fsp3) is 0.0714. The highest BCUT2D eigenvalue weighted by atomic mass is 35.5. The molecule has 0 bridgehead atoms. The molecule has 0 spiro atoms. The number of benzene rings is 2. The molecule has 0 unspecified atom stereocenters. The Morgan fingerprint density at radius 3 is 2.63 bits per heavy atom. The van der Waals surface area contributed by atoms with Gasteiger partial charge in [-0.05, 0) is 30.3 Å². The molecule has 0 aromatic heterocycles. The first-order chi connectivity index (χ1) is 9.11. The normalized spacial score (nSPS) is 10.0. The van der Waals surface area contributed by atoms with Crippen molar-refractivity contribution in [2.45, 2.75) is 0 Å². The van der Waals surface area contributed by atoms with E-state index in [0.717, 1.165) is 0 Å². The second-order valence-corrected chi connectivity index (χ2v) is 4.27. The molecular formula is C14H13ClN2O2. The molecule has 2 rings (SSSR count). The molecule has 0 saturated carbocycles. The minimum Gasteiger partial charge on any atom is -0.454 e. The van der Waals surface area contributed by atoms with Crippen LogP contribution >= 0.6 is 11.6 Å². The number of hydrogen-bond acceptors (Lipinski definition) is 3. The summed E-state index contributed by atoms with van der Waals surface area (Å²) in [6.07, 6.45) is 0. The second-order valence-electron chi connectivity index (χ2n) is 3.86. The number of para-hydroxylation sites is 1. The van der Waals surface area contributed by atoms with Crippen molar-refractivity contribution in [2.75, 3.05) is 12.8 Å². The minimum atomic E-state index is -0.205. The number of rotatable bonds is 3. The molecule has 98 valence electrons. The number of halogens is 1. The molecule has 3 N–H and O–H groups in total. The standard InChI is InChI=1S/C14H13ClN2O2/c1-17-14(18)9-6-7-11(16)13(8-9)19-12-5-3-2-4-10(12)15/h2-8H,16H2,1H3,(H,17,18). The maximum absolute atomic E-state index is 11.6. The third-order valence-corrected chi connectivity index (χ3v) is 2.87. The SMILES string of the molecule is CNC(=O)c1ccc(N)c(Oc2ccccc2Cl)c1. The van der Waals surface area contributed by atoms with E-state index in [0.29, 0.717) is 27.8 Å². The van der Waals surface area contributed by atoms with Crippen LogP contribution in [0.5, 0.6) is 11.5 Å². The smallest absolute Gasteiger partial charge is 0.251 e. The maximum atomic E-state index is 11.6. The number of ether oxygens (including phenoxy) is 1. The lowest BCUT2D eigenvalue weighted by atomic mass is 10.2. The number of anilines is 1. The Kier molecular flexibility index (Phi) is 3.92. The maximum Gasteiger partial charge on any atom is 0.251 e. The van der Waals surface area contributed by atoms with Crippen LogP contribution in [0, 0.1) is 0 Å². The van der Waals surface area contributed by atoms with Gasteiger partial charge in [-0.3, -0.25) is 4.79 Å². The van der Waals surface area contributed by atoms with E-state index in [4.69, 9.17) is 22.1 Å². The lowest BCUT2D eigenvalue weighted by Gasteiger charge is -2.11. The number of carbonyl (C=O) groups is 1. The summed E-state index contributed by atoms with van der Waals surface area (Å²) >= 11 is 6.01. The van der Waals surface area contributed by atoms with Crippen molar-refractivity contribution in [3.63, 3.8) is 0 Å². The molecule has 5 heteroatoms. The Labute approximate surface area is 116 Å². The number of nitrogens with two attached hydrogens (primary N) is 1. The predicted octanol–water partition coefficient (Wildman–Crippen LogP) is 3.07. The van der Waals surface area contributed by atoms with E-state index in [-0.39, 0.29) is 5.91 Å². The van der Waals surface area contributed by atoms with Crippen LogP contribution < -0.4 is 15.8 Å². The summed E-state index contributed by atoms with van der Waals surface area (Å²) < 4.78 is 5.64. The molecular weight excluding hydrogens is 264 g/mol. The fourth-order valence-corrected chi connectivity index (χ4v) is 1.73. The van der Waals surface area contributed by atoms with Gasteiger partial charge in [-0.1, -0.05) is 23.7 Å². The molecule has 4 nitrogen and oxygen atoms in total. The van der Waals surface area contributed by atoms with Crippen molar-refractivity contribution in [2.24, 2.45) is 0 Å². The molecule has 19 heavy (non-hydrogen) atoms. The summed E-state index contributed by atoms with van der Waals surface area (Å²) in [6.45, 7) is 0. The van der Waals surface area contributed by atoms with Crippen molar-refractivity contribution < 1.29 is 9.53 Å². The van der Waals surface area contributed by atoms with E-state index < -0.39 is 0 Å². The molecule has 0 aliphatic heterocycles. The van der Waals surface area contributed by atoms with Crippen molar-refractivity contribution in [3.8, 4) is 11.5 Å². The first kappa shape index (κ1) is 13.2. The van der Waals surface area contributed by atoms with Gasteiger partial charge < -0.3 is 15.8 Å². The van der Waals surface area contributed by atoms with Crippen molar-refractivity contribution in [3.05, 3.63) is 53.1 Å². The summed E-state index contributed by atoms with van der Waals surface area (Å²) in [7, 11) is 1.56. The molecule has 0 heterocycles. The molecule has 0 aliphatic rings. The molecule has 2 aromatic carbocycles. The Hall–Kier alpha value is -2.20. The van der Waals surface area contributed by atoms with Crippen LogP contribution in [0.3, 0.4) is 0 Å². The van der Waals surface area contributed by atoms with Gasteiger partial charge in [0.1, 0.15) is 5.75 Å². The Morgan fingerprint density at radius 2 is 1.95 bits per heavy atom. The van der Waals surface area contributed by atoms with Crippen molar-refractivity contribution >= 4 is 23.2 Å². The number of hydrogen-bond donors (Lipinski definition) is 2. The zero-order chi connectivity index (χ0) is 13.8. The van der Waals surface area contributed by atoms with Gasteiger partial charge in [-0.2, -0.15) is 0 Å². The average molecular weight is 277 g/mol. The highest BCUT2D eigenvalue weighted by Gasteiger charge is 2.10. The van der Waals surface area contributed by atoms with E-state index in [2.05, 4.69) is 5.32 Å². The second kappa shape index (κ2) is 5.63. The summed E-state index contributed by atoms with van der Waals surface area (Å²) in [6, 6.07) is 11.9. The van der Waals surface area contributed by atoms with E-state index in [1.54, 1.807) is 49.5 Å². The largest absolute Gasteiger partial charge is 0.454 e. The summed E-state index contributed by atoms with van der Waals surface area (Å²) in [5, 5.41) is 3.02. The first-order valence-electron chi connectivity index (χ1n) is 5.66. The molecule has 0 saturated heterocycles. The van der Waals surface area contributed by atoms with Gasteiger partial charge in [0.2, 0.25) is 0 Å². The average Bonchev–Trinajstić information content (AvgIpc) is 2.42. The van der Waals surface area contributed by atoms with Gasteiger partial charge in [-0.15, -0.1) is 0 Å². The lowest BCUT2D eigenvalue weighted by molar-refractivity contribution is 0.0963. The topological polar surface area (TPSA) is 64.4 Å². The zero-order valence-corrected chi connectivity index (χ0v) is 11.1. The third-order valence-electron chi connectivity index (χ3n) is 2.56. The highest BCUT2D eigenvalue weighted by molar-refractivity contribution is 6.32. The predicted molar refractivity (Wildman–Crippen MR) is 75.8 cm³/mol. The Bertz CT molecular complexity index is 614. The van der Waals surface area contributed by atoms with Crippen LogP contribution in [-0.2, 0) is 0 Å². The highest BCUT2D eigenvalue weighted by Crippen LogP contribution is 2.32. The third kappa shape index (κ3) is 2.98. The van der Waals surface area contributed by atoms with Crippen LogP contribution in [0.2, 0.25) is 5.02 Å². The van der Waals surface area contributed by atoms with Gasteiger partial charge in [0, 0.05) is 12.6 Å². The molecule has 0 radical (unpaired) electrons. The number of amides is 1. The monoisotopic (exact) mass is 276 g/mol. The Morgan fingerprint density at radius 1 is 1.21 bits per heavy atom. The van der Waals surface area contributed by atoms with Gasteiger partial charge in [0.05, 0.1) is 10.7 Å². The Balaban J connectivity index is 2.34. The van der Waals surface area contributed by atoms with E-state index in [1.807, 2.05) is 0 Å². The summed E-state index contributed by atoms with van der Waals surface area (Å²) in [4.78, 5) is 11.6. The van der Waals surface area contributed by atoms with Gasteiger partial charge in [0.15, 0.2) is 5.75 Å². The van der Waals surface area contributed by atoms with E-state index >= 15 is 0 Å². The molecule has 0 aliphatic carbocycles. The number of carbonyl (C=O) groups excluding carboxylic acids is 1. The van der Waals surface area contributed by atoms with Gasteiger partial charge in [0.25, 0.3) is 5.91 Å². The lowest BCUT2D eigenvalue weighted by Crippen LogP contribution is -2.17. The number of nitrogens with one attached hydrogen (secondary N) is 1. The van der Waals surface area contributed by atoms with Gasteiger partial charge >= 0.3 is 0 Å². The molecule has 2 aromatic rings. The fourth-order valence-electron chi connectivity index (χ4n) is 1.55. The van der Waals surface area contributed by atoms with E-state index in [1.165, 1.54) is 0 Å². The van der Waals surface area contributed by atoms with E-state index in [9.17, 15) is 4.79 Å². The minimum absolute atomic E-state index is 0.205. The van der Waals surface area contributed by atoms with Crippen LogP contribution in [-0.4, -0.2) is 13.0 Å². The van der Waals surface area contributed by atoms with Crippen LogP contribution in [0.25, 0.3) is 0 Å². The summed E-state index contributed by atoms with van der Waals surface area (Å²) in [5.74, 6) is 0.683. The number of nitrogen functional groups attached to an aromatic ring is 1. The molecule has 0 atom stereocenters. The van der Waals surface area contributed by atoms with Crippen LogP contribution in [0.4, 0.5) is 5.69 Å². The van der Waals surface area contributed by atoms with Crippen molar-refractivity contribution in [1.29, 1.82) is 0 Å². The van der Waals surface area contributed by atoms with Gasteiger partial charge in [-0.25, -0.2) is 0 Å². The molecule has 0 fully saturated rings. The quantitative estimate of drug-likeness (QED) is 0.847. The van der Waals surface area contributed by atoms with Crippen LogP contribution in [0.15, 0.2) is 42.5 Å². The van der Waals surface area contributed by atoms with Crippen molar-refractivity contribution in [1.82, 2.24) is 5.32 Å². The summed E-state index contributed by atoms with van der Waals surface area (Å²) in [5.41, 5.74) is 6.74. The molecule has 1 amide bonds.